The van der Waals surface area contributed by atoms with Crippen LogP contribution in [0.4, 0.5) is 10.9 Å². The minimum Gasteiger partial charge on any atom is -0.461 e. The molecule has 39 heavy (non-hydrogen) atoms. The van der Waals surface area contributed by atoms with Crippen LogP contribution in [0, 0.1) is 13.8 Å². The van der Waals surface area contributed by atoms with E-state index in [1.807, 2.05) is 38.2 Å². The second kappa shape index (κ2) is 13.3. The van der Waals surface area contributed by atoms with Gasteiger partial charge in [0.25, 0.3) is 0 Å². The highest BCUT2D eigenvalue weighted by Crippen LogP contribution is 2.28. The molecule has 1 atom stereocenters. The number of aromatic nitrogens is 4. The van der Waals surface area contributed by atoms with E-state index in [0.29, 0.717) is 39.8 Å². The summed E-state index contributed by atoms with van der Waals surface area (Å²) in [5, 5.41) is 15.8. The average Bonchev–Trinajstić information content (AvgIpc) is 3.52. The zero-order valence-electron chi connectivity index (χ0n) is 22.5. The molecule has 11 nitrogen and oxygen atoms in total. The highest BCUT2D eigenvalue weighted by Gasteiger charge is 2.20. The van der Waals surface area contributed by atoms with Gasteiger partial charge in [0, 0.05) is 36.5 Å². The lowest BCUT2D eigenvalue weighted by atomic mass is 10.0. The predicted octanol–water partition coefficient (Wildman–Crippen LogP) is 4.73. The Hall–Kier alpha value is -3.90. The third-order valence-electron chi connectivity index (χ3n) is 5.97. The number of pyridine rings is 1. The van der Waals surface area contributed by atoms with Gasteiger partial charge in [0.05, 0.1) is 12.3 Å². The van der Waals surface area contributed by atoms with Crippen LogP contribution in [-0.2, 0) is 9.53 Å². The number of nitrogens with one attached hydrogen (secondary N) is 3. The maximum Gasteiger partial charge on any atom is 0.350 e. The van der Waals surface area contributed by atoms with Crippen LogP contribution in [0.3, 0.4) is 0 Å². The largest absolute Gasteiger partial charge is 0.461 e. The topological polar surface area (TPSA) is 144 Å². The van der Waals surface area contributed by atoms with Gasteiger partial charge in [-0.1, -0.05) is 35.5 Å². The van der Waals surface area contributed by atoms with E-state index < -0.39 is 5.97 Å². The molecule has 0 spiro atoms. The smallest absolute Gasteiger partial charge is 0.350 e. The van der Waals surface area contributed by atoms with E-state index in [9.17, 15) is 9.59 Å². The Morgan fingerprint density at radius 2 is 2.03 bits per heavy atom. The van der Waals surface area contributed by atoms with Crippen LogP contribution in [-0.4, -0.2) is 58.2 Å². The number of benzene rings is 1. The monoisotopic (exact) mass is 551 g/mol. The first-order valence-electron chi connectivity index (χ1n) is 12.9. The van der Waals surface area contributed by atoms with Crippen LogP contribution in [0.1, 0.15) is 53.9 Å². The van der Waals surface area contributed by atoms with Crippen molar-refractivity contribution in [1.29, 1.82) is 0 Å². The maximum atomic E-state index is 13.0. The lowest BCUT2D eigenvalue weighted by molar-refractivity contribution is -0.116. The summed E-state index contributed by atoms with van der Waals surface area (Å²) < 4.78 is 10.4. The molecule has 1 amide bonds. The molecule has 12 heteroatoms. The van der Waals surface area contributed by atoms with Gasteiger partial charge >= 0.3 is 5.97 Å². The van der Waals surface area contributed by atoms with E-state index in [4.69, 9.17) is 9.26 Å². The number of hydrogen-bond donors (Lipinski definition) is 3. The van der Waals surface area contributed by atoms with Crippen molar-refractivity contribution in [2.24, 2.45) is 0 Å². The van der Waals surface area contributed by atoms with Gasteiger partial charge in [-0.2, -0.15) is 4.98 Å². The molecule has 3 heterocycles. The van der Waals surface area contributed by atoms with E-state index in [0.717, 1.165) is 53.5 Å². The molecule has 4 aromatic rings. The third kappa shape index (κ3) is 7.36. The first-order chi connectivity index (χ1) is 18.9. The number of amides is 1. The number of ether oxygens (including phenoxy) is 1. The van der Waals surface area contributed by atoms with Crippen molar-refractivity contribution < 1.29 is 18.8 Å². The fourth-order valence-electron chi connectivity index (χ4n) is 4.08. The summed E-state index contributed by atoms with van der Waals surface area (Å²) in [5.41, 5.74) is 1.35. The summed E-state index contributed by atoms with van der Waals surface area (Å²) in [6, 6.07) is 7.64. The Labute approximate surface area is 230 Å². The van der Waals surface area contributed by atoms with Crippen LogP contribution in [0.2, 0.25) is 0 Å². The first kappa shape index (κ1) is 28.1. The highest BCUT2D eigenvalue weighted by atomic mass is 32.1. The summed E-state index contributed by atoms with van der Waals surface area (Å²) in [4.78, 5) is 39.0. The summed E-state index contributed by atoms with van der Waals surface area (Å²) in [6.45, 7) is 6.57. The van der Waals surface area contributed by atoms with Gasteiger partial charge in [-0.3, -0.25) is 4.79 Å². The second-order valence-corrected chi connectivity index (χ2v) is 10.1. The van der Waals surface area contributed by atoms with Crippen molar-refractivity contribution in [3.63, 3.8) is 0 Å². The minimum atomic E-state index is -0.420. The first-order valence-corrected chi connectivity index (χ1v) is 13.7. The molecule has 3 aromatic heterocycles. The van der Waals surface area contributed by atoms with Gasteiger partial charge in [0.1, 0.15) is 10.7 Å². The summed E-state index contributed by atoms with van der Waals surface area (Å²) >= 11 is 1.12. The van der Waals surface area contributed by atoms with Gasteiger partial charge in [0.15, 0.2) is 5.13 Å². The molecule has 0 unspecified atom stereocenters. The SMILES string of the molecule is CCCOC(=O)c1sc(NC(=O)C[C@H](CCCNC)Nc2nccc3ccc(-c4noc(C)n4)cc23)nc1C. The molecule has 0 aliphatic heterocycles. The molecule has 4 rings (SSSR count). The number of carbonyl (C=O) groups is 2. The molecule has 0 aliphatic rings. The normalized spacial score (nSPS) is 11.9. The molecule has 0 saturated heterocycles. The van der Waals surface area contributed by atoms with Gasteiger partial charge < -0.3 is 25.2 Å². The molecule has 206 valence electrons. The Morgan fingerprint density at radius 1 is 1.18 bits per heavy atom. The lowest BCUT2D eigenvalue weighted by Crippen LogP contribution is -2.28. The molecule has 0 saturated carbocycles. The van der Waals surface area contributed by atoms with E-state index in [2.05, 4.69) is 36.1 Å². The molecule has 0 aliphatic carbocycles. The van der Waals surface area contributed by atoms with Crippen LogP contribution in [0.5, 0.6) is 0 Å². The van der Waals surface area contributed by atoms with Crippen molar-refractivity contribution in [1.82, 2.24) is 25.4 Å². The third-order valence-corrected chi connectivity index (χ3v) is 7.02. The van der Waals surface area contributed by atoms with Gasteiger partial charge in [0.2, 0.25) is 17.6 Å². The van der Waals surface area contributed by atoms with Gasteiger partial charge in [-0.05, 0) is 57.3 Å². The molecule has 0 fully saturated rings. The fourth-order valence-corrected chi connectivity index (χ4v) is 4.95. The average molecular weight is 552 g/mol. The van der Waals surface area contributed by atoms with Crippen molar-refractivity contribution in [3.8, 4) is 11.4 Å². The predicted molar refractivity (Wildman–Crippen MR) is 151 cm³/mol. The Morgan fingerprint density at radius 3 is 2.77 bits per heavy atom. The van der Waals surface area contributed by atoms with Gasteiger partial charge in [-0.15, -0.1) is 0 Å². The van der Waals surface area contributed by atoms with Crippen LogP contribution >= 0.6 is 11.3 Å². The number of rotatable bonds is 13. The number of nitrogens with zero attached hydrogens (tertiary/aromatic N) is 4. The quantitative estimate of drug-likeness (QED) is 0.157. The Bertz CT molecular complexity index is 1430. The van der Waals surface area contributed by atoms with E-state index in [1.54, 1.807) is 20.0 Å². The molecular weight excluding hydrogens is 518 g/mol. The highest BCUT2D eigenvalue weighted by molar-refractivity contribution is 7.17. The number of fused-ring (bicyclic) bond motifs is 1. The molecule has 0 radical (unpaired) electrons. The fraction of sp³-hybridized carbons (Fsp3) is 0.407. The molecule has 1 aromatic carbocycles. The number of thiazole rings is 1. The Balaban J connectivity index is 1.51. The summed E-state index contributed by atoms with van der Waals surface area (Å²) in [5.74, 6) is 1.04. The molecule has 0 bridgehead atoms. The summed E-state index contributed by atoms with van der Waals surface area (Å²) in [6.07, 6.45) is 4.27. The molecular formula is C27H33N7O4S. The zero-order valence-corrected chi connectivity index (χ0v) is 23.4. The maximum absolute atomic E-state index is 13.0. The van der Waals surface area contributed by atoms with E-state index in [1.165, 1.54) is 0 Å². The van der Waals surface area contributed by atoms with Crippen molar-refractivity contribution in [3.05, 3.63) is 46.9 Å². The lowest BCUT2D eigenvalue weighted by Gasteiger charge is -2.20. The van der Waals surface area contributed by atoms with Gasteiger partial charge in [-0.25, -0.2) is 14.8 Å². The van der Waals surface area contributed by atoms with Crippen LogP contribution in [0.15, 0.2) is 35.0 Å². The minimum absolute atomic E-state index is 0.192. The van der Waals surface area contributed by atoms with Crippen molar-refractivity contribution in [2.45, 2.75) is 52.5 Å². The number of aryl methyl sites for hydroxylation is 2. The number of carbonyl (C=O) groups excluding carboxylic acids is 2. The second-order valence-electron chi connectivity index (χ2n) is 9.14. The van der Waals surface area contributed by atoms with Crippen molar-refractivity contribution >= 4 is 44.9 Å². The molecule has 3 N–H and O–H groups in total. The van der Waals surface area contributed by atoms with Crippen molar-refractivity contribution in [2.75, 3.05) is 30.8 Å². The van der Waals surface area contributed by atoms with E-state index >= 15 is 0 Å². The number of anilines is 2. The van der Waals surface area contributed by atoms with Crippen LogP contribution in [0.25, 0.3) is 22.2 Å². The van der Waals surface area contributed by atoms with E-state index in [-0.39, 0.29) is 18.4 Å². The number of esters is 1. The standard InChI is InChI=1S/C27H33N7O4S/c1-5-13-37-26(36)23-16(2)30-27(39-23)33-22(35)15-20(7-6-11-28-4)32-25-21-14-19(24-31-17(3)38-34-24)9-8-18(21)10-12-29-25/h8-10,12,14,20,28H,5-7,11,13,15H2,1-4H3,(H,29,32)(H,30,33,35)/t20-/m0/s1. The number of hydrogen-bond acceptors (Lipinski definition) is 11. The van der Waals surface area contributed by atoms with Crippen LogP contribution < -0.4 is 16.0 Å². The Kier molecular flexibility index (Phi) is 9.55. The zero-order chi connectivity index (χ0) is 27.8. The summed E-state index contributed by atoms with van der Waals surface area (Å²) in [7, 11) is 1.90.